The van der Waals surface area contributed by atoms with E-state index in [0.29, 0.717) is 0 Å². The third-order valence-corrected chi connectivity index (χ3v) is 5.24. The van der Waals surface area contributed by atoms with Crippen molar-refractivity contribution in [2.24, 2.45) is 0 Å². The molecule has 2 aromatic heterocycles. The molecule has 0 amide bonds. The van der Waals surface area contributed by atoms with Gasteiger partial charge in [-0.1, -0.05) is 35.9 Å². The van der Waals surface area contributed by atoms with Gasteiger partial charge in [0.2, 0.25) is 0 Å². The number of benzene rings is 2. The van der Waals surface area contributed by atoms with E-state index in [-0.39, 0.29) is 0 Å². The molecule has 0 aliphatic heterocycles. The average Bonchev–Trinajstić information content (AvgIpc) is 2.61. The molecule has 0 fully saturated rings. The summed E-state index contributed by atoms with van der Waals surface area (Å²) in [6.07, 6.45) is 3.68. The fourth-order valence-corrected chi connectivity index (χ4v) is 3.91. The standard InChI is InChI=1S/C19H13ClN2S/c20-16-8-7-13(19-14(16)5-3-10-22-19)12-23-18-9-11-21-17-6-2-1-4-15(17)18/h1-11H,12H2. The van der Waals surface area contributed by atoms with Crippen molar-refractivity contribution in [3.05, 3.63) is 77.6 Å². The molecule has 0 unspecified atom stereocenters. The molecular weight excluding hydrogens is 324 g/mol. The van der Waals surface area contributed by atoms with Gasteiger partial charge in [-0.05, 0) is 35.9 Å². The molecule has 0 spiro atoms. The lowest BCUT2D eigenvalue weighted by Gasteiger charge is -2.08. The number of thioether (sulfide) groups is 1. The predicted octanol–water partition coefficient (Wildman–Crippen LogP) is 5.73. The first-order chi connectivity index (χ1) is 11.3. The van der Waals surface area contributed by atoms with Crippen LogP contribution in [0.1, 0.15) is 5.56 Å². The minimum absolute atomic E-state index is 0.746. The zero-order valence-corrected chi connectivity index (χ0v) is 13.8. The van der Waals surface area contributed by atoms with E-state index in [1.54, 1.807) is 11.8 Å². The quantitative estimate of drug-likeness (QED) is 0.447. The second kappa shape index (κ2) is 6.19. The summed E-state index contributed by atoms with van der Waals surface area (Å²) in [5.41, 5.74) is 3.19. The summed E-state index contributed by atoms with van der Waals surface area (Å²) in [4.78, 5) is 10.2. The van der Waals surface area contributed by atoms with Gasteiger partial charge in [-0.3, -0.25) is 9.97 Å². The van der Waals surface area contributed by atoms with E-state index in [9.17, 15) is 0 Å². The highest BCUT2D eigenvalue weighted by Crippen LogP contribution is 2.32. The zero-order chi connectivity index (χ0) is 15.6. The molecule has 0 bridgehead atoms. The molecule has 4 heteroatoms. The van der Waals surface area contributed by atoms with Crippen molar-refractivity contribution in [2.75, 3.05) is 0 Å². The number of halogens is 1. The lowest BCUT2D eigenvalue weighted by Crippen LogP contribution is -1.89. The van der Waals surface area contributed by atoms with Gasteiger partial charge in [0.1, 0.15) is 0 Å². The summed E-state index contributed by atoms with van der Waals surface area (Å²) in [5.74, 6) is 0.846. The lowest BCUT2D eigenvalue weighted by molar-refractivity contribution is 1.33. The van der Waals surface area contributed by atoms with Crippen molar-refractivity contribution in [2.45, 2.75) is 10.6 Å². The molecule has 0 radical (unpaired) electrons. The fourth-order valence-electron chi connectivity index (χ4n) is 2.66. The zero-order valence-electron chi connectivity index (χ0n) is 12.2. The first-order valence-electron chi connectivity index (χ1n) is 7.31. The van der Waals surface area contributed by atoms with E-state index in [1.807, 2.05) is 48.8 Å². The van der Waals surface area contributed by atoms with Crippen LogP contribution in [-0.2, 0) is 5.75 Å². The number of fused-ring (bicyclic) bond motifs is 2. The van der Waals surface area contributed by atoms with Crippen LogP contribution in [0.15, 0.2) is 71.9 Å². The Labute approximate surface area is 143 Å². The number of pyridine rings is 2. The largest absolute Gasteiger partial charge is 0.256 e. The summed E-state index contributed by atoms with van der Waals surface area (Å²) in [6.45, 7) is 0. The topological polar surface area (TPSA) is 25.8 Å². The molecule has 0 aliphatic rings. The van der Waals surface area contributed by atoms with Gasteiger partial charge in [-0.15, -0.1) is 11.8 Å². The van der Waals surface area contributed by atoms with Crippen LogP contribution in [0.5, 0.6) is 0 Å². The maximum atomic E-state index is 6.27. The molecule has 23 heavy (non-hydrogen) atoms. The molecule has 2 nitrogen and oxygen atoms in total. The van der Waals surface area contributed by atoms with E-state index in [0.717, 1.165) is 27.2 Å². The molecule has 4 rings (SSSR count). The van der Waals surface area contributed by atoms with Crippen LogP contribution < -0.4 is 0 Å². The first-order valence-corrected chi connectivity index (χ1v) is 8.68. The van der Waals surface area contributed by atoms with Gasteiger partial charge >= 0.3 is 0 Å². The minimum atomic E-state index is 0.746. The molecule has 4 aromatic rings. The smallest absolute Gasteiger partial charge is 0.0757 e. The van der Waals surface area contributed by atoms with Gasteiger partial charge in [-0.25, -0.2) is 0 Å². The molecule has 112 valence electrons. The third-order valence-electron chi connectivity index (χ3n) is 3.79. The highest BCUT2D eigenvalue weighted by atomic mass is 35.5. The predicted molar refractivity (Wildman–Crippen MR) is 98.1 cm³/mol. The van der Waals surface area contributed by atoms with Crippen molar-refractivity contribution in [3.63, 3.8) is 0 Å². The van der Waals surface area contributed by atoms with Crippen LogP contribution in [0, 0.1) is 0 Å². The second-order valence-corrected chi connectivity index (χ2v) is 6.65. The normalized spacial score (nSPS) is 11.2. The summed E-state index contributed by atoms with van der Waals surface area (Å²) < 4.78 is 0. The van der Waals surface area contributed by atoms with Gasteiger partial charge in [0.25, 0.3) is 0 Å². The Morgan fingerprint density at radius 2 is 1.70 bits per heavy atom. The number of hydrogen-bond donors (Lipinski definition) is 0. The van der Waals surface area contributed by atoms with Gasteiger partial charge in [0.05, 0.1) is 11.0 Å². The summed E-state index contributed by atoms with van der Waals surface area (Å²) >= 11 is 8.07. The molecular formula is C19H13ClN2S. The van der Waals surface area contributed by atoms with Crippen LogP contribution >= 0.6 is 23.4 Å². The van der Waals surface area contributed by atoms with Crippen molar-refractivity contribution in [1.29, 1.82) is 0 Å². The Balaban J connectivity index is 1.71. The number of rotatable bonds is 3. The average molecular weight is 337 g/mol. The van der Waals surface area contributed by atoms with Crippen molar-refractivity contribution in [1.82, 2.24) is 9.97 Å². The highest BCUT2D eigenvalue weighted by Gasteiger charge is 2.08. The highest BCUT2D eigenvalue weighted by molar-refractivity contribution is 7.98. The van der Waals surface area contributed by atoms with Crippen molar-refractivity contribution >= 4 is 45.2 Å². The number of hydrogen-bond acceptors (Lipinski definition) is 3. The monoisotopic (exact) mass is 336 g/mol. The van der Waals surface area contributed by atoms with E-state index in [4.69, 9.17) is 11.6 Å². The molecule has 0 N–H and O–H groups in total. The molecule has 0 atom stereocenters. The number of nitrogens with zero attached hydrogens (tertiary/aromatic N) is 2. The maximum absolute atomic E-state index is 6.27. The van der Waals surface area contributed by atoms with Crippen LogP contribution in [0.4, 0.5) is 0 Å². The van der Waals surface area contributed by atoms with Crippen LogP contribution in [0.3, 0.4) is 0 Å². The summed E-state index contributed by atoms with van der Waals surface area (Å²) in [7, 11) is 0. The van der Waals surface area contributed by atoms with Gasteiger partial charge in [-0.2, -0.15) is 0 Å². The van der Waals surface area contributed by atoms with E-state index < -0.39 is 0 Å². The third kappa shape index (κ3) is 2.78. The molecule has 0 saturated heterocycles. The first kappa shape index (κ1) is 14.5. The number of para-hydroxylation sites is 1. The van der Waals surface area contributed by atoms with Crippen LogP contribution in [0.2, 0.25) is 5.02 Å². The van der Waals surface area contributed by atoms with Gasteiger partial charge in [0.15, 0.2) is 0 Å². The van der Waals surface area contributed by atoms with Crippen molar-refractivity contribution in [3.8, 4) is 0 Å². The summed E-state index contributed by atoms with van der Waals surface area (Å²) in [6, 6.07) is 18.2. The van der Waals surface area contributed by atoms with E-state index >= 15 is 0 Å². The Bertz CT molecular complexity index is 995. The minimum Gasteiger partial charge on any atom is -0.256 e. The number of aromatic nitrogens is 2. The second-order valence-electron chi connectivity index (χ2n) is 5.22. The van der Waals surface area contributed by atoms with E-state index in [2.05, 4.69) is 28.2 Å². The Morgan fingerprint density at radius 3 is 2.65 bits per heavy atom. The van der Waals surface area contributed by atoms with Crippen LogP contribution in [-0.4, -0.2) is 9.97 Å². The van der Waals surface area contributed by atoms with E-state index in [1.165, 1.54) is 15.8 Å². The summed E-state index contributed by atoms with van der Waals surface area (Å²) in [5, 5.41) is 2.94. The molecule has 0 aliphatic carbocycles. The Morgan fingerprint density at radius 1 is 0.826 bits per heavy atom. The fraction of sp³-hybridized carbons (Fsp3) is 0.0526. The Hall–Kier alpha value is -2.10. The molecule has 0 saturated carbocycles. The van der Waals surface area contributed by atoms with Gasteiger partial charge < -0.3 is 0 Å². The van der Waals surface area contributed by atoms with Crippen molar-refractivity contribution < 1.29 is 0 Å². The van der Waals surface area contributed by atoms with Crippen LogP contribution in [0.25, 0.3) is 21.8 Å². The maximum Gasteiger partial charge on any atom is 0.0757 e. The SMILES string of the molecule is Clc1ccc(CSc2ccnc3ccccc23)c2ncccc12. The van der Waals surface area contributed by atoms with Gasteiger partial charge in [0, 0.05) is 38.8 Å². The molecule has 2 aromatic carbocycles. The Kier molecular flexibility index (Phi) is 3.90. The molecule has 2 heterocycles. The lowest BCUT2D eigenvalue weighted by atomic mass is 10.1.